The lowest BCUT2D eigenvalue weighted by Crippen LogP contribution is -2.53. The van der Waals surface area contributed by atoms with E-state index in [-0.39, 0.29) is 6.04 Å². The molecule has 0 aliphatic carbocycles. The molecule has 0 amide bonds. The summed E-state index contributed by atoms with van der Waals surface area (Å²) in [5.74, 6) is 1.76. The molecule has 2 unspecified atom stereocenters. The molecule has 3 atom stereocenters. The number of hydrogen-bond donors (Lipinski definition) is 1. The molecule has 5 heterocycles. The summed E-state index contributed by atoms with van der Waals surface area (Å²) in [6.45, 7) is 5.58. The van der Waals surface area contributed by atoms with E-state index in [1.165, 1.54) is 41.8 Å². The number of nitrogens with one attached hydrogen (secondary N) is 1. The van der Waals surface area contributed by atoms with Gasteiger partial charge in [-0.3, -0.25) is 0 Å². The first-order valence-corrected chi connectivity index (χ1v) is 8.84. The SMILES string of the molecule is O=[N+]1c2cccc3c2C(CCNC3)[C@@H]1C1CN2CCC1CC2. The van der Waals surface area contributed by atoms with Crippen LogP contribution in [0.1, 0.15) is 36.3 Å². The molecule has 2 bridgehead atoms. The summed E-state index contributed by atoms with van der Waals surface area (Å²) in [5, 5.41) is 3.54. The van der Waals surface area contributed by atoms with Gasteiger partial charge in [0.1, 0.15) is 0 Å². The summed E-state index contributed by atoms with van der Waals surface area (Å²) < 4.78 is 1.40. The third-order valence-corrected chi connectivity index (χ3v) is 6.56. The second-order valence-corrected chi connectivity index (χ2v) is 7.54. The smallest absolute Gasteiger partial charge is 0.260 e. The summed E-state index contributed by atoms with van der Waals surface area (Å²) in [4.78, 5) is 15.7. The average molecular weight is 298 g/mol. The van der Waals surface area contributed by atoms with Gasteiger partial charge in [0.2, 0.25) is 6.04 Å². The lowest BCUT2D eigenvalue weighted by Gasteiger charge is -2.45. The highest BCUT2D eigenvalue weighted by Crippen LogP contribution is 2.50. The molecule has 0 radical (unpaired) electrons. The van der Waals surface area contributed by atoms with E-state index in [0.717, 1.165) is 37.7 Å². The predicted molar refractivity (Wildman–Crippen MR) is 85.2 cm³/mol. The van der Waals surface area contributed by atoms with Crippen LogP contribution in [-0.2, 0) is 6.54 Å². The summed E-state index contributed by atoms with van der Waals surface area (Å²) in [7, 11) is 0. The number of benzene rings is 1. The van der Waals surface area contributed by atoms with Crippen LogP contribution in [0.25, 0.3) is 0 Å². The van der Waals surface area contributed by atoms with Gasteiger partial charge in [0.05, 0.1) is 5.92 Å². The molecule has 5 aliphatic rings. The number of rotatable bonds is 1. The van der Waals surface area contributed by atoms with Crippen LogP contribution in [0, 0.1) is 16.7 Å². The lowest BCUT2D eigenvalue weighted by atomic mass is 9.71. The normalized spacial score (nSPS) is 39.6. The van der Waals surface area contributed by atoms with Crippen molar-refractivity contribution in [3.05, 3.63) is 34.2 Å². The molecule has 1 N–H and O–H groups in total. The fourth-order valence-corrected chi connectivity index (χ4v) is 5.53. The van der Waals surface area contributed by atoms with Gasteiger partial charge in [0.15, 0.2) is 0 Å². The first-order chi connectivity index (χ1) is 10.8. The van der Waals surface area contributed by atoms with Gasteiger partial charge in [0.25, 0.3) is 5.69 Å². The lowest BCUT2D eigenvalue weighted by molar-refractivity contribution is -0.513. The van der Waals surface area contributed by atoms with Crippen molar-refractivity contribution in [2.24, 2.45) is 11.8 Å². The van der Waals surface area contributed by atoms with Gasteiger partial charge in [-0.15, -0.1) is 0 Å². The van der Waals surface area contributed by atoms with E-state index in [1.54, 1.807) is 0 Å². The van der Waals surface area contributed by atoms with Gasteiger partial charge in [-0.2, -0.15) is 0 Å². The van der Waals surface area contributed by atoms with Crippen LogP contribution in [0.5, 0.6) is 0 Å². The van der Waals surface area contributed by atoms with Crippen LogP contribution in [0.4, 0.5) is 5.69 Å². The molecule has 1 aromatic carbocycles. The number of fused-ring (bicyclic) bond motifs is 3. The summed E-state index contributed by atoms with van der Waals surface area (Å²) in [6.07, 6.45) is 3.70. The van der Waals surface area contributed by atoms with Crippen molar-refractivity contribution >= 4 is 5.69 Å². The number of nitroso groups, excluding NO2 is 1. The number of hydrogen-bond acceptors (Lipinski definition) is 3. The fourth-order valence-electron chi connectivity index (χ4n) is 5.53. The molecule has 22 heavy (non-hydrogen) atoms. The Morgan fingerprint density at radius 1 is 1.18 bits per heavy atom. The van der Waals surface area contributed by atoms with E-state index in [1.807, 2.05) is 6.07 Å². The van der Waals surface area contributed by atoms with Crippen LogP contribution in [-0.4, -0.2) is 41.9 Å². The molecule has 0 saturated carbocycles. The second-order valence-electron chi connectivity index (χ2n) is 7.54. The predicted octanol–water partition coefficient (Wildman–Crippen LogP) is 2.40. The highest BCUT2D eigenvalue weighted by Gasteiger charge is 2.56. The maximum absolute atomic E-state index is 13.1. The Morgan fingerprint density at radius 2 is 2.05 bits per heavy atom. The van der Waals surface area contributed by atoms with Crippen LogP contribution in [0.15, 0.2) is 18.2 Å². The summed E-state index contributed by atoms with van der Waals surface area (Å²) >= 11 is 0. The second kappa shape index (κ2) is 4.87. The monoisotopic (exact) mass is 298 g/mol. The highest BCUT2D eigenvalue weighted by atomic mass is 16.3. The third kappa shape index (κ3) is 1.77. The van der Waals surface area contributed by atoms with E-state index >= 15 is 0 Å². The quantitative estimate of drug-likeness (QED) is 0.809. The van der Waals surface area contributed by atoms with E-state index in [2.05, 4.69) is 22.3 Å². The van der Waals surface area contributed by atoms with Crippen LogP contribution in [0.2, 0.25) is 0 Å². The Morgan fingerprint density at radius 3 is 2.82 bits per heavy atom. The Kier molecular flexibility index (Phi) is 2.92. The van der Waals surface area contributed by atoms with Crippen molar-refractivity contribution in [3.8, 4) is 0 Å². The van der Waals surface area contributed by atoms with Gasteiger partial charge in [-0.05, 0) is 50.4 Å². The molecular weight excluding hydrogens is 274 g/mol. The molecule has 3 saturated heterocycles. The number of piperidine rings is 3. The molecule has 6 rings (SSSR count). The minimum Gasteiger partial charge on any atom is -0.313 e. The minimum atomic E-state index is 0.171. The first-order valence-electron chi connectivity index (χ1n) is 8.84. The van der Waals surface area contributed by atoms with Gasteiger partial charge in [-0.25, -0.2) is 0 Å². The maximum Gasteiger partial charge on any atom is 0.260 e. The molecule has 0 aromatic heterocycles. The number of nitrogens with zero attached hydrogens (tertiary/aromatic N) is 2. The van der Waals surface area contributed by atoms with Gasteiger partial charge < -0.3 is 10.2 Å². The topological polar surface area (TPSA) is 35.4 Å². The van der Waals surface area contributed by atoms with Crippen molar-refractivity contribution in [1.29, 1.82) is 0 Å². The van der Waals surface area contributed by atoms with Crippen LogP contribution in [0.3, 0.4) is 0 Å². The Hall–Kier alpha value is -1.26. The fraction of sp³-hybridized carbons (Fsp3) is 0.667. The summed E-state index contributed by atoms with van der Waals surface area (Å²) in [5.41, 5.74) is 3.68. The van der Waals surface area contributed by atoms with Crippen molar-refractivity contribution in [2.45, 2.75) is 37.8 Å². The van der Waals surface area contributed by atoms with Crippen molar-refractivity contribution < 1.29 is 4.76 Å². The molecule has 4 nitrogen and oxygen atoms in total. The Balaban J connectivity index is 1.57. The van der Waals surface area contributed by atoms with Crippen LogP contribution >= 0.6 is 0 Å². The van der Waals surface area contributed by atoms with E-state index in [4.69, 9.17) is 0 Å². The van der Waals surface area contributed by atoms with Gasteiger partial charge in [-0.1, -0.05) is 12.1 Å². The minimum absolute atomic E-state index is 0.171. The average Bonchev–Trinajstić information content (AvgIpc) is 2.72. The third-order valence-electron chi connectivity index (χ3n) is 6.56. The van der Waals surface area contributed by atoms with Crippen molar-refractivity contribution in [2.75, 3.05) is 26.2 Å². The molecule has 1 aromatic rings. The zero-order valence-electron chi connectivity index (χ0n) is 13.0. The van der Waals surface area contributed by atoms with Gasteiger partial charge in [0, 0.05) is 40.3 Å². The molecule has 0 spiro atoms. The standard InChI is InChI=1S/C18H24N3O/c22-21-16-3-1-2-13-10-19-7-4-14(17(13)16)18(21)15-11-20-8-5-12(15)6-9-20/h1-3,12,14-15,18-19H,4-11H2/q+1/t14?,15?,18-/m1/s1. The maximum atomic E-state index is 13.1. The zero-order chi connectivity index (χ0) is 14.7. The Bertz CT molecular complexity index is 621. The zero-order valence-corrected chi connectivity index (χ0v) is 13.0. The molecule has 116 valence electrons. The molecule has 5 aliphatic heterocycles. The largest absolute Gasteiger partial charge is 0.313 e. The first kappa shape index (κ1) is 13.2. The van der Waals surface area contributed by atoms with E-state index in [0.29, 0.717) is 11.8 Å². The molecule has 4 heteroatoms. The van der Waals surface area contributed by atoms with Gasteiger partial charge >= 0.3 is 0 Å². The molecule has 3 fully saturated rings. The van der Waals surface area contributed by atoms with E-state index < -0.39 is 0 Å². The Labute approximate surface area is 131 Å². The highest BCUT2D eigenvalue weighted by molar-refractivity contribution is 5.51. The van der Waals surface area contributed by atoms with Crippen molar-refractivity contribution in [3.63, 3.8) is 0 Å². The van der Waals surface area contributed by atoms with E-state index in [9.17, 15) is 4.91 Å². The van der Waals surface area contributed by atoms with Crippen molar-refractivity contribution in [1.82, 2.24) is 10.2 Å². The van der Waals surface area contributed by atoms with Crippen LogP contribution < -0.4 is 5.32 Å². The molecular formula is C18H24N3O+. The summed E-state index contributed by atoms with van der Waals surface area (Å²) in [6, 6.07) is 6.48.